The number of benzene rings is 2. The van der Waals surface area contributed by atoms with Gasteiger partial charge in [0.15, 0.2) is 0 Å². The van der Waals surface area contributed by atoms with Crippen LogP contribution in [0.4, 0.5) is 16.2 Å². The third-order valence-corrected chi connectivity index (χ3v) is 5.40. The third-order valence-electron chi connectivity index (χ3n) is 4.63. The van der Waals surface area contributed by atoms with Crippen molar-refractivity contribution in [1.82, 2.24) is 10.2 Å². The van der Waals surface area contributed by atoms with Crippen molar-refractivity contribution in [3.63, 3.8) is 0 Å². The van der Waals surface area contributed by atoms with Crippen molar-refractivity contribution in [2.24, 2.45) is 0 Å². The minimum atomic E-state index is -0.176. The fourth-order valence-electron chi connectivity index (χ4n) is 3.01. The van der Waals surface area contributed by atoms with E-state index in [1.807, 2.05) is 30.3 Å². The van der Waals surface area contributed by atoms with Gasteiger partial charge in [-0.15, -0.1) is 0 Å². The van der Waals surface area contributed by atoms with Gasteiger partial charge in [-0.3, -0.25) is 0 Å². The SMILES string of the molecule is CN1CCN(c2ccc(NC(=O)NCCc3ccccc3Br)cc2)CC1. The molecule has 3 rings (SSSR count). The van der Waals surface area contributed by atoms with Gasteiger partial charge in [0, 0.05) is 48.6 Å². The van der Waals surface area contributed by atoms with Crippen LogP contribution in [0.1, 0.15) is 5.56 Å². The van der Waals surface area contributed by atoms with Gasteiger partial charge in [0.1, 0.15) is 0 Å². The molecule has 2 amide bonds. The van der Waals surface area contributed by atoms with Crippen molar-refractivity contribution in [1.29, 1.82) is 0 Å². The Morgan fingerprint density at radius 3 is 2.42 bits per heavy atom. The Morgan fingerprint density at radius 2 is 1.73 bits per heavy atom. The number of hydrogen-bond donors (Lipinski definition) is 2. The van der Waals surface area contributed by atoms with Gasteiger partial charge in [-0.2, -0.15) is 0 Å². The molecule has 0 spiro atoms. The van der Waals surface area contributed by atoms with Gasteiger partial charge >= 0.3 is 6.03 Å². The number of piperazine rings is 1. The lowest BCUT2D eigenvalue weighted by Crippen LogP contribution is -2.44. The van der Waals surface area contributed by atoms with Crippen molar-refractivity contribution >= 4 is 33.3 Å². The molecule has 6 heteroatoms. The summed E-state index contributed by atoms with van der Waals surface area (Å²) in [6.45, 7) is 4.84. The van der Waals surface area contributed by atoms with Crippen LogP contribution in [-0.2, 0) is 6.42 Å². The topological polar surface area (TPSA) is 47.6 Å². The molecule has 0 aromatic heterocycles. The van der Waals surface area contributed by atoms with E-state index in [2.05, 4.69) is 61.6 Å². The van der Waals surface area contributed by atoms with E-state index >= 15 is 0 Å². The molecule has 0 unspecified atom stereocenters. The van der Waals surface area contributed by atoms with Gasteiger partial charge in [0.25, 0.3) is 0 Å². The summed E-state index contributed by atoms with van der Waals surface area (Å²) in [7, 11) is 2.15. The van der Waals surface area contributed by atoms with Crippen LogP contribution in [0.15, 0.2) is 53.0 Å². The predicted octanol–water partition coefficient (Wildman–Crippen LogP) is 3.57. The number of nitrogens with one attached hydrogen (secondary N) is 2. The van der Waals surface area contributed by atoms with Crippen LogP contribution in [0.5, 0.6) is 0 Å². The fraction of sp³-hybridized carbons (Fsp3) is 0.350. The zero-order valence-corrected chi connectivity index (χ0v) is 16.6. The predicted molar refractivity (Wildman–Crippen MR) is 111 cm³/mol. The summed E-state index contributed by atoms with van der Waals surface area (Å²) in [6, 6.07) is 15.9. The molecule has 2 aromatic carbocycles. The normalized spacial score (nSPS) is 14.9. The molecule has 0 atom stereocenters. The maximum Gasteiger partial charge on any atom is 0.319 e. The van der Waals surface area contributed by atoms with Crippen LogP contribution in [-0.4, -0.2) is 50.7 Å². The number of carbonyl (C=O) groups is 1. The summed E-state index contributed by atoms with van der Waals surface area (Å²) in [4.78, 5) is 16.8. The standard InChI is InChI=1S/C20H25BrN4O/c1-24-12-14-25(15-13-24)18-8-6-17(7-9-18)23-20(26)22-11-10-16-4-2-3-5-19(16)21/h2-9H,10-15H2,1H3,(H2,22,23,26). The molecule has 0 radical (unpaired) electrons. The second kappa shape index (κ2) is 9.05. The first-order chi connectivity index (χ1) is 12.6. The van der Waals surface area contributed by atoms with E-state index < -0.39 is 0 Å². The van der Waals surface area contributed by atoms with E-state index in [0.29, 0.717) is 6.54 Å². The number of likely N-dealkylation sites (N-methyl/N-ethyl adjacent to an activating group) is 1. The second-order valence-corrected chi connectivity index (χ2v) is 7.41. The van der Waals surface area contributed by atoms with Gasteiger partial charge < -0.3 is 20.4 Å². The maximum atomic E-state index is 12.1. The van der Waals surface area contributed by atoms with Gasteiger partial charge in [0.2, 0.25) is 0 Å². The number of nitrogens with zero attached hydrogens (tertiary/aromatic N) is 2. The number of rotatable bonds is 5. The summed E-state index contributed by atoms with van der Waals surface area (Å²) >= 11 is 3.53. The zero-order chi connectivity index (χ0) is 18.4. The van der Waals surface area contributed by atoms with E-state index in [4.69, 9.17) is 0 Å². The number of halogens is 1. The lowest BCUT2D eigenvalue weighted by atomic mass is 10.1. The summed E-state index contributed by atoms with van der Waals surface area (Å²) in [5.41, 5.74) is 3.20. The van der Waals surface area contributed by atoms with Gasteiger partial charge in [-0.1, -0.05) is 34.1 Å². The molecule has 26 heavy (non-hydrogen) atoms. The molecule has 0 bridgehead atoms. The Labute approximate surface area is 163 Å². The highest BCUT2D eigenvalue weighted by Crippen LogP contribution is 2.19. The number of amides is 2. The molecule has 1 aliphatic rings. The number of hydrogen-bond acceptors (Lipinski definition) is 3. The fourth-order valence-corrected chi connectivity index (χ4v) is 3.49. The first kappa shape index (κ1) is 18.7. The molecular weight excluding hydrogens is 392 g/mol. The molecular formula is C20H25BrN4O. The quantitative estimate of drug-likeness (QED) is 0.782. The number of carbonyl (C=O) groups excluding carboxylic acids is 1. The van der Waals surface area contributed by atoms with E-state index in [1.54, 1.807) is 0 Å². The highest BCUT2D eigenvalue weighted by Gasteiger charge is 2.14. The van der Waals surface area contributed by atoms with Gasteiger partial charge in [0.05, 0.1) is 0 Å². The molecule has 1 heterocycles. The van der Waals surface area contributed by atoms with E-state index in [1.165, 1.54) is 11.3 Å². The smallest absolute Gasteiger partial charge is 0.319 e. The second-order valence-electron chi connectivity index (χ2n) is 6.56. The van der Waals surface area contributed by atoms with Crippen molar-refractivity contribution in [2.75, 3.05) is 50.0 Å². The van der Waals surface area contributed by atoms with Crippen LogP contribution in [0.2, 0.25) is 0 Å². The minimum absolute atomic E-state index is 0.176. The van der Waals surface area contributed by atoms with Gasteiger partial charge in [-0.05, 0) is 49.4 Å². The Hall–Kier alpha value is -2.05. The first-order valence-corrected chi connectivity index (χ1v) is 9.73. The number of urea groups is 1. The Kier molecular flexibility index (Phi) is 6.52. The van der Waals surface area contributed by atoms with Crippen molar-refractivity contribution < 1.29 is 4.79 Å². The molecule has 5 nitrogen and oxygen atoms in total. The Morgan fingerprint density at radius 1 is 1.04 bits per heavy atom. The van der Waals surface area contributed by atoms with Crippen molar-refractivity contribution in [3.8, 4) is 0 Å². The molecule has 1 saturated heterocycles. The summed E-state index contributed by atoms with van der Waals surface area (Å²) in [5, 5.41) is 5.79. The highest BCUT2D eigenvalue weighted by molar-refractivity contribution is 9.10. The molecule has 0 aliphatic carbocycles. The lowest BCUT2D eigenvalue weighted by Gasteiger charge is -2.34. The summed E-state index contributed by atoms with van der Waals surface area (Å²) < 4.78 is 1.07. The van der Waals surface area contributed by atoms with Gasteiger partial charge in [-0.25, -0.2) is 4.79 Å². The van der Waals surface area contributed by atoms with Crippen LogP contribution in [0.25, 0.3) is 0 Å². The van der Waals surface area contributed by atoms with Crippen molar-refractivity contribution in [3.05, 3.63) is 58.6 Å². The van der Waals surface area contributed by atoms with E-state index in [9.17, 15) is 4.79 Å². The Balaban J connectivity index is 1.45. The van der Waals surface area contributed by atoms with Crippen LogP contribution in [0, 0.1) is 0 Å². The van der Waals surface area contributed by atoms with Crippen molar-refractivity contribution in [2.45, 2.75) is 6.42 Å². The minimum Gasteiger partial charge on any atom is -0.369 e. The summed E-state index contributed by atoms with van der Waals surface area (Å²) in [5.74, 6) is 0. The average molecular weight is 417 g/mol. The third kappa shape index (κ3) is 5.22. The maximum absolute atomic E-state index is 12.1. The average Bonchev–Trinajstić information content (AvgIpc) is 2.65. The van der Waals surface area contributed by atoms with E-state index in [-0.39, 0.29) is 6.03 Å². The van der Waals surface area contributed by atoms with Crippen LogP contribution >= 0.6 is 15.9 Å². The van der Waals surface area contributed by atoms with Crippen LogP contribution < -0.4 is 15.5 Å². The largest absolute Gasteiger partial charge is 0.369 e. The number of anilines is 2. The lowest BCUT2D eigenvalue weighted by molar-refractivity contribution is 0.252. The molecule has 1 aliphatic heterocycles. The van der Waals surface area contributed by atoms with Crippen LogP contribution in [0.3, 0.4) is 0 Å². The molecule has 138 valence electrons. The molecule has 2 N–H and O–H groups in total. The molecule has 0 saturated carbocycles. The monoisotopic (exact) mass is 416 g/mol. The molecule has 2 aromatic rings. The molecule has 1 fully saturated rings. The zero-order valence-electron chi connectivity index (χ0n) is 15.0. The summed E-state index contributed by atoms with van der Waals surface area (Å²) in [6.07, 6.45) is 0.789. The van der Waals surface area contributed by atoms with E-state index in [0.717, 1.165) is 42.8 Å². The Bertz CT molecular complexity index is 727. The first-order valence-electron chi connectivity index (χ1n) is 8.93. The highest BCUT2D eigenvalue weighted by atomic mass is 79.9.